The molecule has 0 aromatic heterocycles. The summed E-state index contributed by atoms with van der Waals surface area (Å²) in [6.45, 7) is -0.976. The topological polar surface area (TPSA) is 79.2 Å². The highest BCUT2D eigenvalue weighted by Gasteiger charge is 2.32. The molecule has 2 aromatic rings. The highest BCUT2D eigenvalue weighted by atomic mass is 19.4. The predicted molar refractivity (Wildman–Crippen MR) is 84.7 cm³/mol. The molecule has 0 aliphatic rings. The van der Waals surface area contributed by atoms with Gasteiger partial charge in [-0.2, -0.15) is 18.4 Å². The van der Waals surface area contributed by atoms with Gasteiger partial charge in [0.15, 0.2) is 6.61 Å². The lowest BCUT2D eigenvalue weighted by molar-refractivity contribution is -0.138. The average molecular weight is 362 g/mol. The lowest BCUT2D eigenvalue weighted by Gasteiger charge is -2.13. The Morgan fingerprint density at radius 3 is 2.35 bits per heavy atom. The normalized spacial score (nSPS) is 10.7. The summed E-state index contributed by atoms with van der Waals surface area (Å²) >= 11 is 0. The first kappa shape index (κ1) is 19.0. The Labute approximate surface area is 147 Å². The van der Waals surface area contributed by atoms with Gasteiger partial charge in [-0.1, -0.05) is 18.2 Å². The van der Waals surface area contributed by atoms with Crippen molar-refractivity contribution in [1.29, 1.82) is 5.26 Å². The molecule has 0 heterocycles. The SMILES string of the molecule is N#Cc1ccc(C(=O)OCC(=O)NCc2ccccc2C(F)(F)F)cc1. The van der Waals surface area contributed by atoms with E-state index in [1.807, 2.05) is 6.07 Å². The van der Waals surface area contributed by atoms with E-state index in [9.17, 15) is 22.8 Å². The molecule has 0 spiro atoms. The van der Waals surface area contributed by atoms with Crippen molar-refractivity contribution in [2.75, 3.05) is 6.61 Å². The summed E-state index contributed by atoms with van der Waals surface area (Å²) < 4.78 is 43.4. The van der Waals surface area contributed by atoms with Crippen LogP contribution in [0.15, 0.2) is 48.5 Å². The zero-order valence-electron chi connectivity index (χ0n) is 13.3. The van der Waals surface area contributed by atoms with Crippen LogP contribution in [0.25, 0.3) is 0 Å². The number of hydrogen-bond acceptors (Lipinski definition) is 4. The molecule has 0 aliphatic carbocycles. The summed E-state index contributed by atoms with van der Waals surface area (Å²) in [5, 5.41) is 11.0. The second-order valence-electron chi connectivity index (χ2n) is 5.20. The fourth-order valence-corrected chi connectivity index (χ4v) is 2.09. The van der Waals surface area contributed by atoms with E-state index in [0.29, 0.717) is 5.56 Å². The third-order valence-electron chi connectivity index (χ3n) is 3.38. The summed E-state index contributed by atoms with van der Waals surface area (Å²) in [5.74, 6) is -1.51. The van der Waals surface area contributed by atoms with Gasteiger partial charge in [-0.3, -0.25) is 4.79 Å². The molecule has 0 saturated carbocycles. The summed E-state index contributed by atoms with van der Waals surface area (Å²) in [5.41, 5.74) is -0.413. The van der Waals surface area contributed by atoms with E-state index in [0.717, 1.165) is 6.07 Å². The molecular weight excluding hydrogens is 349 g/mol. The first-order valence-corrected chi connectivity index (χ1v) is 7.40. The molecule has 0 atom stereocenters. The van der Waals surface area contributed by atoms with Crippen molar-refractivity contribution in [1.82, 2.24) is 5.32 Å². The minimum Gasteiger partial charge on any atom is -0.452 e. The van der Waals surface area contributed by atoms with E-state index >= 15 is 0 Å². The maximum atomic E-state index is 12.9. The summed E-state index contributed by atoms with van der Waals surface area (Å²) in [7, 11) is 0. The molecule has 0 unspecified atom stereocenters. The number of ether oxygens (including phenoxy) is 1. The van der Waals surface area contributed by atoms with Gasteiger partial charge in [0.2, 0.25) is 0 Å². The molecule has 0 aliphatic heterocycles. The van der Waals surface area contributed by atoms with Crippen molar-refractivity contribution in [3.05, 3.63) is 70.8 Å². The summed E-state index contributed by atoms with van der Waals surface area (Å²) in [4.78, 5) is 23.5. The molecule has 0 saturated heterocycles. The predicted octanol–water partition coefficient (Wildman–Crippen LogP) is 3.05. The molecular formula is C18H13F3N2O3. The number of nitrogens with zero attached hydrogens (tertiary/aromatic N) is 1. The molecule has 26 heavy (non-hydrogen) atoms. The number of hydrogen-bond donors (Lipinski definition) is 1. The Kier molecular flexibility index (Phi) is 5.96. The minimum atomic E-state index is -4.52. The molecule has 1 amide bonds. The van der Waals surface area contributed by atoms with Crippen molar-refractivity contribution in [2.24, 2.45) is 0 Å². The Morgan fingerprint density at radius 1 is 1.08 bits per heavy atom. The third kappa shape index (κ3) is 5.08. The number of halogens is 3. The van der Waals surface area contributed by atoms with Crippen LogP contribution in [0.5, 0.6) is 0 Å². The standard InChI is InChI=1S/C18H13F3N2O3/c19-18(20,21)15-4-2-1-3-14(15)10-23-16(24)11-26-17(25)13-7-5-12(9-22)6-8-13/h1-8H,10-11H2,(H,23,24). The highest BCUT2D eigenvalue weighted by Crippen LogP contribution is 2.31. The molecule has 0 fully saturated rings. The minimum absolute atomic E-state index is 0.0910. The average Bonchev–Trinajstić information content (AvgIpc) is 2.64. The molecule has 0 radical (unpaired) electrons. The van der Waals surface area contributed by atoms with Gasteiger partial charge in [0, 0.05) is 6.54 Å². The number of carbonyl (C=O) groups excluding carboxylic acids is 2. The van der Waals surface area contributed by atoms with Gasteiger partial charge < -0.3 is 10.1 Å². The summed E-state index contributed by atoms with van der Waals surface area (Å²) in [6.07, 6.45) is -4.52. The number of benzene rings is 2. The zero-order valence-corrected chi connectivity index (χ0v) is 13.3. The molecule has 2 rings (SSSR count). The Balaban J connectivity index is 1.88. The number of nitriles is 1. The van der Waals surface area contributed by atoms with Crippen LogP contribution in [0.4, 0.5) is 13.2 Å². The fraction of sp³-hybridized carbons (Fsp3) is 0.167. The van der Waals surface area contributed by atoms with Crippen LogP contribution >= 0.6 is 0 Å². The van der Waals surface area contributed by atoms with Gasteiger partial charge in [0.25, 0.3) is 5.91 Å². The maximum Gasteiger partial charge on any atom is 0.416 e. The van der Waals surface area contributed by atoms with Gasteiger partial charge >= 0.3 is 12.1 Å². The van der Waals surface area contributed by atoms with Crippen molar-refractivity contribution in [3.8, 4) is 6.07 Å². The quantitative estimate of drug-likeness (QED) is 0.829. The van der Waals surface area contributed by atoms with Gasteiger partial charge in [-0.05, 0) is 35.9 Å². The Morgan fingerprint density at radius 2 is 1.73 bits per heavy atom. The number of carbonyl (C=O) groups is 2. The first-order valence-electron chi connectivity index (χ1n) is 7.40. The highest BCUT2D eigenvalue weighted by molar-refractivity contribution is 5.91. The lowest BCUT2D eigenvalue weighted by atomic mass is 10.1. The third-order valence-corrected chi connectivity index (χ3v) is 3.38. The van der Waals surface area contributed by atoms with Gasteiger partial charge in [0.1, 0.15) is 0 Å². The van der Waals surface area contributed by atoms with Crippen LogP contribution in [-0.4, -0.2) is 18.5 Å². The van der Waals surface area contributed by atoms with Crippen LogP contribution in [0, 0.1) is 11.3 Å². The smallest absolute Gasteiger partial charge is 0.416 e. The largest absolute Gasteiger partial charge is 0.452 e. The maximum absolute atomic E-state index is 12.9. The van der Waals surface area contributed by atoms with Crippen LogP contribution in [0.1, 0.15) is 27.0 Å². The number of esters is 1. The zero-order chi connectivity index (χ0) is 19.2. The van der Waals surface area contributed by atoms with E-state index < -0.39 is 30.2 Å². The number of nitrogens with one attached hydrogen (secondary N) is 1. The van der Waals surface area contributed by atoms with Crippen LogP contribution in [0.2, 0.25) is 0 Å². The Bertz CT molecular complexity index is 840. The second kappa shape index (κ2) is 8.16. The molecule has 1 N–H and O–H groups in total. The lowest BCUT2D eigenvalue weighted by Crippen LogP contribution is -2.29. The molecule has 2 aromatic carbocycles. The van der Waals surface area contributed by atoms with E-state index in [1.54, 1.807) is 0 Å². The van der Waals surface area contributed by atoms with Gasteiger partial charge in [-0.25, -0.2) is 4.79 Å². The van der Waals surface area contributed by atoms with Crippen LogP contribution < -0.4 is 5.32 Å². The van der Waals surface area contributed by atoms with Crippen molar-refractivity contribution >= 4 is 11.9 Å². The fourth-order valence-electron chi connectivity index (χ4n) is 2.09. The van der Waals surface area contributed by atoms with E-state index in [2.05, 4.69) is 5.32 Å². The van der Waals surface area contributed by atoms with Gasteiger partial charge in [0.05, 0.1) is 22.8 Å². The Hall–Kier alpha value is -3.34. The monoisotopic (exact) mass is 362 g/mol. The van der Waals surface area contributed by atoms with E-state index in [4.69, 9.17) is 10.00 Å². The van der Waals surface area contributed by atoms with Crippen LogP contribution in [0.3, 0.4) is 0 Å². The van der Waals surface area contributed by atoms with Crippen LogP contribution in [-0.2, 0) is 22.3 Å². The van der Waals surface area contributed by atoms with Crippen molar-refractivity contribution in [2.45, 2.75) is 12.7 Å². The van der Waals surface area contributed by atoms with Crippen molar-refractivity contribution in [3.63, 3.8) is 0 Å². The number of amides is 1. The van der Waals surface area contributed by atoms with Crippen molar-refractivity contribution < 1.29 is 27.5 Å². The number of rotatable bonds is 5. The molecule has 5 nitrogen and oxygen atoms in total. The summed E-state index contributed by atoms with van der Waals surface area (Å²) in [6, 6.07) is 12.4. The van der Waals surface area contributed by atoms with E-state index in [-0.39, 0.29) is 17.7 Å². The molecule has 8 heteroatoms. The van der Waals surface area contributed by atoms with Gasteiger partial charge in [-0.15, -0.1) is 0 Å². The molecule has 134 valence electrons. The van der Waals surface area contributed by atoms with E-state index in [1.165, 1.54) is 42.5 Å². The number of alkyl halides is 3. The molecule has 0 bridgehead atoms. The first-order chi connectivity index (χ1) is 12.3. The second-order valence-corrected chi connectivity index (χ2v) is 5.20.